The van der Waals surface area contributed by atoms with Crippen LogP contribution in [-0.4, -0.2) is 10.3 Å². The van der Waals surface area contributed by atoms with Crippen LogP contribution in [0.2, 0.25) is 0 Å². The van der Waals surface area contributed by atoms with Crippen molar-refractivity contribution in [3.05, 3.63) is 23.4 Å². The third kappa shape index (κ3) is 3.42. The molecule has 0 aliphatic carbocycles. The maximum Gasteiger partial charge on any atom is 0.419 e. The van der Waals surface area contributed by atoms with Gasteiger partial charge >= 0.3 is 6.18 Å². The minimum absolute atomic E-state index is 0.211. The van der Waals surface area contributed by atoms with Gasteiger partial charge in [-0.3, -0.25) is 0 Å². The summed E-state index contributed by atoms with van der Waals surface area (Å²) < 4.78 is 37.3. The molecule has 0 saturated carbocycles. The van der Waals surface area contributed by atoms with Crippen LogP contribution in [0.25, 0.3) is 0 Å². The molecule has 86 valence electrons. The number of rotatable bonds is 1. The molecule has 0 fully saturated rings. The van der Waals surface area contributed by atoms with Crippen molar-refractivity contribution in [2.45, 2.75) is 12.6 Å². The molecule has 1 rings (SSSR count). The van der Waals surface area contributed by atoms with Crippen molar-refractivity contribution in [3.63, 3.8) is 0 Å². The number of aromatic nitrogens is 1. The second-order valence-electron chi connectivity index (χ2n) is 2.90. The van der Waals surface area contributed by atoms with E-state index >= 15 is 0 Å². The van der Waals surface area contributed by atoms with E-state index in [4.69, 9.17) is 5.73 Å². The maximum atomic E-state index is 12.4. The summed E-state index contributed by atoms with van der Waals surface area (Å²) in [6, 6.07) is 0.906. The van der Waals surface area contributed by atoms with E-state index in [0.717, 1.165) is 6.07 Å². The Hall–Kier alpha value is -1.22. The number of nitrogen functional groups attached to an aromatic ring is 1. The monoisotopic (exact) mass is 292 g/mol. The molecule has 0 amide bonds. The molecule has 0 radical (unpaired) electrons. The topological polar surface area (TPSA) is 38.9 Å². The van der Waals surface area contributed by atoms with Gasteiger partial charge in [-0.2, -0.15) is 13.2 Å². The highest BCUT2D eigenvalue weighted by molar-refractivity contribution is 9.09. The Bertz CT molecular complexity index is 432. The van der Waals surface area contributed by atoms with Crippen LogP contribution in [0, 0.1) is 11.8 Å². The zero-order valence-electron chi connectivity index (χ0n) is 8.11. The molecule has 1 aromatic rings. The molecule has 0 unspecified atom stereocenters. The zero-order chi connectivity index (χ0) is 12.2. The van der Waals surface area contributed by atoms with Gasteiger partial charge in [-0.05, 0) is 6.07 Å². The minimum atomic E-state index is -4.50. The summed E-state index contributed by atoms with van der Waals surface area (Å²) in [5.74, 6) is 4.76. The molecule has 1 aromatic heterocycles. The van der Waals surface area contributed by atoms with Gasteiger partial charge in [-0.1, -0.05) is 27.8 Å². The number of pyridine rings is 1. The molecule has 2 N–H and O–H groups in total. The van der Waals surface area contributed by atoms with E-state index in [9.17, 15) is 13.2 Å². The Morgan fingerprint density at radius 2 is 2.12 bits per heavy atom. The van der Waals surface area contributed by atoms with Crippen molar-refractivity contribution in [1.82, 2.24) is 4.98 Å². The number of hydrogen-bond donors (Lipinski definition) is 1. The van der Waals surface area contributed by atoms with Crippen molar-refractivity contribution < 1.29 is 13.2 Å². The van der Waals surface area contributed by atoms with Crippen LogP contribution in [0.5, 0.6) is 0 Å². The van der Waals surface area contributed by atoms with E-state index in [0.29, 0.717) is 11.8 Å². The second kappa shape index (κ2) is 5.21. The molecule has 0 spiro atoms. The van der Waals surface area contributed by atoms with Gasteiger partial charge in [-0.15, -0.1) is 0 Å². The number of hydrogen-bond acceptors (Lipinski definition) is 2. The Balaban J connectivity index is 3.05. The molecule has 0 atom stereocenters. The molecular weight excluding hydrogens is 285 g/mol. The van der Waals surface area contributed by atoms with Gasteiger partial charge in [0.1, 0.15) is 5.82 Å². The summed E-state index contributed by atoms with van der Waals surface area (Å²) >= 11 is 3.16. The first-order valence-corrected chi connectivity index (χ1v) is 5.45. The van der Waals surface area contributed by atoms with E-state index in [-0.39, 0.29) is 5.56 Å². The van der Waals surface area contributed by atoms with Crippen LogP contribution in [-0.2, 0) is 6.18 Å². The summed E-state index contributed by atoms with van der Waals surface area (Å²) in [6.07, 6.45) is -2.71. The lowest BCUT2D eigenvalue weighted by molar-refractivity contribution is -0.137. The average Bonchev–Trinajstić information content (AvgIpc) is 2.19. The minimum Gasteiger partial charge on any atom is -0.383 e. The highest BCUT2D eigenvalue weighted by Gasteiger charge is 2.33. The number of nitrogens with two attached hydrogens (primary N) is 1. The highest BCUT2D eigenvalue weighted by atomic mass is 79.9. The third-order valence-electron chi connectivity index (χ3n) is 1.68. The van der Waals surface area contributed by atoms with Gasteiger partial charge in [0.05, 0.1) is 5.56 Å². The van der Waals surface area contributed by atoms with E-state index < -0.39 is 17.6 Å². The van der Waals surface area contributed by atoms with Crippen LogP contribution in [0.15, 0.2) is 12.3 Å². The fourth-order valence-corrected chi connectivity index (χ4v) is 1.18. The zero-order valence-corrected chi connectivity index (χ0v) is 9.69. The molecule has 1 heterocycles. The standard InChI is InChI=1S/C10H8BrF3N2/c11-4-2-1-3-7-5-8(10(12,13)14)9(15)16-6-7/h5-6H,2,4H2,(H2,15,16). The van der Waals surface area contributed by atoms with Crippen molar-refractivity contribution in [1.29, 1.82) is 0 Å². The van der Waals surface area contributed by atoms with E-state index in [1.165, 1.54) is 6.20 Å². The first-order valence-electron chi connectivity index (χ1n) is 4.32. The van der Waals surface area contributed by atoms with E-state index in [1.54, 1.807) is 0 Å². The fourth-order valence-electron chi connectivity index (χ4n) is 0.983. The van der Waals surface area contributed by atoms with E-state index in [1.807, 2.05) is 0 Å². The first-order chi connectivity index (χ1) is 7.45. The molecule has 0 aromatic carbocycles. The lowest BCUT2D eigenvalue weighted by Crippen LogP contribution is -2.10. The van der Waals surface area contributed by atoms with Crippen LogP contribution in [0.1, 0.15) is 17.5 Å². The Kier molecular flexibility index (Phi) is 4.19. The Morgan fingerprint density at radius 3 is 2.69 bits per heavy atom. The summed E-state index contributed by atoms with van der Waals surface area (Å²) in [5.41, 5.74) is 4.41. The summed E-state index contributed by atoms with van der Waals surface area (Å²) in [5, 5.41) is 0.675. The van der Waals surface area contributed by atoms with Crippen molar-refractivity contribution in [3.8, 4) is 11.8 Å². The smallest absolute Gasteiger partial charge is 0.383 e. The summed E-state index contributed by atoms with van der Waals surface area (Å²) in [7, 11) is 0. The van der Waals surface area contributed by atoms with Crippen LogP contribution >= 0.6 is 15.9 Å². The largest absolute Gasteiger partial charge is 0.419 e. The Labute approximate surface area is 99.2 Å². The summed E-state index contributed by atoms with van der Waals surface area (Å²) in [6.45, 7) is 0. The van der Waals surface area contributed by atoms with Crippen molar-refractivity contribution in [2.75, 3.05) is 11.1 Å². The van der Waals surface area contributed by atoms with Crippen molar-refractivity contribution >= 4 is 21.7 Å². The van der Waals surface area contributed by atoms with Gasteiger partial charge in [0, 0.05) is 23.5 Å². The number of anilines is 1. The Morgan fingerprint density at radius 1 is 1.44 bits per heavy atom. The quantitative estimate of drug-likeness (QED) is 0.639. The van der Waals surface area contributed by atoms with Gasteiger partial charge in [0.25, 0.3) is 0 Å². The molecule has 2 nitrogen and oxygen atoms in total. The average molecular weight is 293 g/mol. The van der Waals surface area contributed by atoms with Crippen LogP contribution in [0.3, 0.4) is 0 Å². The maximum absolute atomic E-state index is 12.4. The normalized spacial score (nSPS) is 10.8. The van der Waals surface area contributed by atoms with Gasteiger partial charge in [0.15, 0.2) is 0 Å². The third-order valence-corrected chi connectivity index (χ3v) is 2.07. The second-order valence-corrected chi connectivity index (χ2v) is 3.69. The lowest BCUT2D eigenvalue weighted by atomic mass is 10.2. The fraction of sp³-hybridized carbons (Fsp3) is 0.300. The lowest BCUT2D eigenvalue weighted by Gasteiger charge is -2.08. The van der Waals surface area contributed by atoms with Crippen molar-refractivity contribution in [2.24, 2.45) is 0 Å². The number of alkyl halides is 4. The summed E-state index contributed by atoms with van der Waals surface area (Å²) in [4.78, 5) is 3.47. The molecule has 0 aliphatic rings. The first kappa shape index (κ1) is 12.8. The van der Waals surface area contributed by atoms with Crippen LogP contribution < -0.4 is 5.73 Å². The molecule has 16 heavy (non-hydrogen) atoms. The van der Waals surface area contributed by atoms with Gasteiger partial charge < -0.3 is 5.73 Å². The van der Waals surface area contributed by atoms with Crippen LogP contribution in [0.4, 0.5) is 19.0 Å². The van der Waals surface area contributed by atoms with E-state index in [2.05, 4.69) is 32.8 Å². The predicted molar refractivity (Wildman–Crippen MR) is 58.9 cm³/mol. The van der Waals surface area contributed by atoms with Gasteiger partial charge in [-0.25, -0.2) is 4.98 Å². The molecule has 0 aliphatic heterocycles. The molecule has 0 saturated heterocycles. The SMILES string of the molecule is Nc1ncc(C#CCCBr)cc1C(F)(F)F. The molecule has 0 bridgehead atoms. The molecule has 6 heteroatoms. The predicted octanol–water partition coefficient (Wildman–Crippen LogP) is 2.82. The highest BCUT2D eigenvalue weighted by Crippen LogP contribution is 2.32. The number of nitrogens with zero attached hydrogens (tertiary/aromatic N) is 1. The number of halogens is 4. The molecular formula is C10H8BrF3N2. The van der Waals surface area contributed by atoms with Gasteiger partial charge in [0.2, 0.25) is 0 Å².